The van der Waals surface area contributed by atoms with Gasteiger partial charge in [0.15, 0.2) is 23.0 Å². The first-order chi connectivity index (χ1) is 22.2. The molecule has 0 radical (unpaired) electrons. The number of rotatable bonds is 5. The second-order valence-electron chi connectivity index (χ2n) is 11.9. The summed E-state index contributed by atoms with van der Waals surface area (Å²) in [5, 5.41) is 26.7. The number of nitrogens with two attached hydrogens (primary N) is 1. The predicted molar refractivity (Wildman–Crippen MR) is 173 cm³/mol. The lowest BCUT2D eigenvalue weighted by atomic mass is 9.95. The monoisotopic (exact) mass is 612 g/mol. The number of nitrogens with zero attached hydrogens (tertiary/aromatic N) is 7. The molecular weight excluding hydrogens is 584 g/mol. The van der Waals surface area contributed by atoms with Gasteiger partial charge in [-0.05, 0) is 67.4 Å². The maximum absolute atomic E-state index is 14.4. The number of anilines is 1. The SMILES string of the molecule is CC1(C)Cc2c(-c3nn(Cc4nc5cccc(-c6cccc(O)c6)c5c(=O)n4-n4cccc4)c4ncnc(N)c34)ccc(O)c2O1. The maximum atomic E-state index is 14.4. The molecule has 4 N–H and O–H groups in total. The van der Waals surface area contributed by atoms with Gasteiger partial charge in [-0.2, -0.15) is 9.77 Å². The Bertz CT molecular complexity index is 2390. The summed E-state index contributed by atoms with van der Waals surface area (Å²) in [6.45, 7) is 3.99. The van der Waals surface area contributed by atoms with Gasteiger partial charge < -0.3 is 20.7 Å². The lowest BCUT2D eigenvalue weighted by Crippen LogP contribution is -2.31. The number of fused-ring (bicyclic) bond motifs is 3. The average Bonchev–Trinajstić information content (AvgIpc) is 3.76. The maximum Gasteiger partial charge on any atom is 0.281 e. The molecule has 228 valence electrons. The Hall–Kier alpha value is -6.17. The number of hydrogen-bond donors (Lipinski definition) is 3. The third-order valence-electron chi connectivity index (χ3n) is 8.24. The van der Waals surface area contributed by atoms with E-state index in [1.807, 2.05) is 44.2 Å². The van der Waals surface area contributed by atoms with Crippen molar-refractivity contribution in [3.05, 3.63) is 107 Å². The number of nitrogen functional groups attached to an aromatic ring is 1. The summed E-state index contributed by atoms with van der Waals surface area (Å²) in [5.41, 5.74) is 10.0. The van der Waals surface area contributed by atoms with Crippen molar-refractivity contribution in [3.63, 3.8) is 0 Å². The molecule has 8 rings (SSSR count). The zero-order valence-corrected chi connectivity index (χ0v) is 24.9. The third kappa shape index (κ3) is 4.25. The molecule has 0 saturated heterocycles. The number of ether oxygens (including phenoxy) is 1. The summed E-state index contributed by atoms with van der Waals surface area (Å²) < 4.78 is 10.9. The van der Waals surface area contributed by atoms with Crippen molar-refractivity contribution in [2.45, 2.75) is 32.4 Å². The molecule has 4 aromatic heterocycles. The van der Waals surface area contributed by atoms with Crippen LogP contribution in [0.1, 0.15) is 25.2 Å². The lowest BCUT2D eigenvalue weighted by Gasteiger charge is -2.16. The number of benzene rings is 3. The minimum absolute atomic E-state index is 0.0541. The zero-order valence-electron chi connectivity index (χ0n) is 24.9. The molecule has 1 aliphatic heterocycles. The first-order valence-electron chi connectivity index (χ1n) is 14.7. The Kier molecular flexibility index (Phi) is 5.91. The first-order valence-corrected chi connectivity index (χ1v) is 14.7. The van der Waals surface area contributed by atoms with E-state index >= 15 is 0 Å². The molecule has 0 bridgehead atoms. The van der Waals surface area contributed by atoms with Gasteiger partial charge >= 0.3 is 0 Å². The van der Waals surface area contributed by atoms with Gasteiger partial charge in [-0.1, -0.05) is 24.3 Å². The summed E-state index contributed by atoms with van der Waals surface area (Å²) in [6, 6.07) is 19.3. The van der Waals surface area contributed by atoms with E-state index in [9.17, 15) is 15.0 Å². The number of hydrogen-bond acceptors (Lipinski definition) is 9. The molecule has 0 spiro atoms. The fraction of sp³-hybridized carbons (Fsp3) is 0.147. The van der Waals surface area contributed by atoms with Crippen molar-refractivity contribution >= 4 is 27.8 Å². The molecule has 0 amide bonds. The van der Waals surface area contributed by atoms with Gasteiger partial charge in [0.25, 0.3) is 5.56 Å². The van der Waals surface area contributed by atoms with Gasteiger partial charge in [0.2, 0.25) is 0 Å². The summed E-state index contributed by atoms with van der Waals surface area (Å²) in [6.07, 6.45) is 5.46. The van der Waals surface area contributed by atoms with Crippen LogP contribution in [0.5, 0.6) is 17.2 Å². The summed E-state index contributed by atoms with van der Waals surface area (Å²) >= 11 is 0. The van der Waals surface area contributed by atoms with Crippen molar-refractivity contribution in [1.82, 2.24) is 34.1 Å². The Morgan fingerprint density at radius 2 is 1.76 bits per heavy atom. The standard InChI is InChI=1S/C34H28N8O4/c1-34(2)16-23-22(11-12-25(44)30(23)46-34)29-28-31(35)36-18-37-32(28)41(39-29)17-26-38-24-10-6-9-21(19-7-5-8-20(43)15-19)27(24)33(45)42(26)40-13-3-4-14-40/h3-15,18,43-44H,16-17H2,1-2H3,(H2,35,36,37). The van der Waals surface area contributed by atoms with Gasteiger partial charge in [0.05, 0.1) is 16.3 Å². The van der Waals surface area contributed by atoms with Gasteiger partial charge in [-0.15, -0.1) is 0 Å². The normalized spacial score (nSPS) is 13.7. The Morgan fingerprint density at radius 3 is 2.57 bits per heavy atom. The van der Waals surface area contributed by atoms with E-state index in [-0.39, 0.29) is 29.4 Å². The van der Waals surface area contributed by atoms with E-state index in [1.165, 1.54) is 11.0 Å². The van der Waals surface area contributed by atoms with E-state index in [0.717, 1.165) is 11.1 Å². The van der Waals surface area contributed by atoms with Gasteiger partial charge in [0, 0.05) is 29.9 Å². The third-order valence-corrected chi connectivity index (χ3v) is 8.24. The van der Waals surface area contributed by atoms with Crippen LogP contribution in [0.4, 0.5) is 5.82 Å². The molecule has 5 heterocycles. The Labute approximate surface area is 261 Å². The molecule has 46 heavy (non-hydrogen) atoms. The minimum atomic E-state index is -0.518. The first kappa shape index (κ1) is 27.4. The number of phenols is 2. The molecule has 0 aliphatic carbocycles. The molecule has 7 aromatic rings. The largest absolute Gasteiger partial charge is 0.508 e. The van der Waals surface area contributed by atoms with E-state index in [1.54, 1.807) is 58.1 Å². The zero-order chi connectivity index (χ0) is 31.7. The molecule has 0 fully saturated rings. The quantitative estimate of drug-likeness (QED) is 0.250. The molecule has 0 saturated carbocycles. The predicted octanol–water partition coefficient (Wildman–Crippen LogP) is 4.74. The number of aromatic nitrogens is 7. The van der Waals surface area contributed by atoms with Crippen LogP contribution in [0.2, 0.25) is 0 Å². The summed E-state index contributed by atoms with van der Waals surface area (Å²) in [4.78, 5) is 28.2. The topological polar surface area (TPSA) is 159 Å². The van der Waals surface area contributed by atoms with E-state index in [0.29, 0.717) is 56.8 Å². The Morgan fingerprint density at radius 1 is 0.957 bits per heavy atom. The molecule has 0 atom stereocenters. The minimum Gasteiger partial charge on any atom is -0.508 e. The van der Waals surface area contributed by atoms with Crippen LogP contribution in [0.15, 0.2) is 90.2 Å². The molecule has 12 nitrogen and oxygen atoms in total. The van der Waals surface area contributed by atoms with Crippen molar-refractivity contribution < 1.29 is 14.9 Å². The highest BCUT2D eigenvalue weighted by Gasteiger charge is 2.35. The van der Waals surface area contributed by atoms with Crippen LogP contribution in [-0.4, -0.2) is 49.9 Å². The van der Waals surface area contributed by atoms with Crippen LogP contribution >= 0.6 is 0 Å². The van der Waals surface area contributed by atoms with E-state index in [4.69, 9.17) is 20.6 Å². The van der Waals surface area contributed by atoms with Gasteiger partial charge in [0.1, 0.15) is 35.7 Å². The number of phenolic OH excluding ortho intramolecular Hbond substituents is 2. The van der Waals surface area contributed by atoms with Crippen LogP contribution in [0, 0.1) is 0 Å². The lowest BCUT2D eigenvalue weighted by molar-refractivity contribution is 0.134. The second-order valence-corrected chi connectivity index (χ2v) is 11.9. The Balaban J connectivity index is 1.35. The van der Waals surface area contributed by atoms with Crippen LogP contribution < -0.4 is 16.0 Å². The molecule has 1 aliphatic rings. The van der Waals surface area contributed by atoms with E-state index in [2.05, 4.69) is 9.97 Å². The highest BCUT2D eigenvalue weighted by atomic mass is 16.5. The highest BCUT2D eigenvalue weighted by Crippen LogP contribution is 2.47. The fourth-order valence-electron chi connectivity index (χ4n) is 6.31. The van der Waals surface area contributed by atoms with Crippen LogP contribution in [0.3, 0.4) is 0 Å². The van der Waals surface area contributed by atoms with Gasteiger partial charge in [-0.25, -0.2) is 19.6 Å². The average molecular weight is 613 g/mol. The summed E-state index contributed by atoms with van der Waals surface area (Å²) in [7, 11) is 0. The van der Waals surface area contributed by atoms with Crippen molar-refractivity contribution in [1.29, 1.82) is 0 Å². The second kappa shape index (κ2) is 9.92. The van der Waals surface area contributed by atoms with Crippen LogP contribution in [-0.2, 0) is 13.0 Å². The van der Waals surface area contributed by atoms with Crippen molar-refractivity contribution in [3.8, 4) is 39.6 Å². The van der Waals surface area contributed by atoms with Crippen LogP contribution in [0.25, 0.3) is 44.3 Å². The molecule has 0 unspecified atom stereocenters. The molecule has 3 aromatic carbocycles. The van der Waals surface area contributed by atoms with E-state index < -0.39 is 5.60 Å². The molecule has 12 heteroatoms. The summed E-state index contributed by atoms with van der Waals surface area (Å²) in [5.74, 6) is 1.22. The highest BCUT2D eigenvalue weighted by molar-refractivity contribution is 5.99. The van der Waals surface area contributed by atoms with Gasteiger partial charge in [-0.3, -0.25) is 9.47 Å². The van der Waals surface area contributed by atoms with Crippen molar-refractivity contribution in [2.24, 2.45) is 0 Å². The van der Waals surface area contributed by atoms with Crippen molar-refractivity contribution in [2.75, 3.05) is 5.73 Å². The number of aromatic hydroxyl groups is 2. The smallest absolute Gasteiger partial charge is 0.281 e. The molecular formula is C34H28N8O4. The fourth-order valence-corrected chi connectivity index (χ4v) is 6.31.